The molecule has 106 valence electrons. The molecule has 1 heterocycles. The molecule has 0 aliphatic carbocycles. The van der Waals surface area contributed by atoms with E-state index < -0.39 is 0 Å². The summed E-state index contributed by atoms with van der Waals surface area (Å²) in [7, 11) is 1.63. The zero-order valence-corrected chi connectivity index (χ0v) is 12.4. The van der Waals surface area contributed by atoms with Crippen LogP contribution in [0.25, 0.3) is 0 Å². The zero-order valence-electron chi connectivity index (χ0n) is 11.6. The van der Waals surface area contributed by atoms with Gasteiger partial charge in [0, 0.05) is 5.56 Å². The third-order valence-corrected chi connectivity index (χ3v) is 4.13. The SMILES string of the molecule is COc1ccccc1C1C(=S)NC(=O)C1c1ccccc1. The van der Waals surface area contributed by atoms with E-state index in [0.29, 0.717) is 4.99 Å². The lowest BCUT2D eigenvalue weighted by molar-refractivity contribution is -0.120. The Hall–Kier alpha value is -2.20. The summed E-state index contributed by atoms with van der Waals surface area (Å²) >= 11 is 5.40. The number of methoxy groups -OCH3 is 1. The van der Waals surface area contributed by atoms with Crippen molar-refractivity contribution in [2.45, 2.75) is 11.8 Å². The molecule has 0 radical (unpaired) electrons. The van der Waals surface area contributed by atoms with Crippen molar-refractivity contribution in [1.29, 1.82) is 0 Å². The third kappa shape index (κ3) is 2.43. The molecule has 2 aromatic carbocycles. The molecule has 0 aromatic heterocycles. The Labute approximate surface area is 128 Å². The van der Waals surface area contributed by atoms with Gasteiger partial charge in [-0.25, -0.2) is 0 Å². The van der Waals surface area contributed by atoms with E-state index in [0.717, 1.165) is 16.9 Å². The maximum Gasteiger partial charge on any atom is 0.233 e. The molecular formula is C17H15NO2S. The van der Waals surface area contributed by atoms with E-state index in [4.69, 9.17) is 17.0 Å². The number of hydrogen-bond acceptors (Lipinski definition) is 3. The van der Waals surface area contributed by atoms with Gasteiger partial charge >= 0.3 is 0 Å². The second-order valence-corrected chi connectivity index (χ2v) is 5.40. The number of para-hydroxylation sites is 1. The standard InChI is InChI=1S/C17H15NO2S/c1-20-13-10-6-5-9-12(13)15-14(16(19)18-17(15)21)11-7-3-2-4-8-11/h2-10,14-15H,1H3,(H,18,19,21). The lowest BCUT2D eigenvalue weighted by atomic mass is 9.83. The molecule has 2 unspecified atom stereocenters. The Morgan fingerprint density at radius 3 is 2.38 bits per heavy atom. The summed E-state index contributed by atoms with van der Waals surface area (Å²) in [6.07, 6.45) is 0. The van der Waals surface area contributed by atoms with Gasteiger partial charge in [-0.3, -0.25) is 4.79 Å². The summed E-state index contributed by atoms with van der Waals surface area (Å²) in [4.78, 5) is 12.9. The van der Waals surface area contributed by atoms with Gasteiger partial charge in [0.1, 0.15) is 5.75 Å². The van der Waals surface area contributed by atoms with Gasteiger partial charge in [0.25, 0.3) is 0 Å². The first-order valence-electron chi connectivity index (χ1n) is 6.75. The summed E-state index contributed by atoms with van der Waals surface area (Å²) in [5.74, 6) is 0.199. The lowest BCUT2D eigenvalue weighted by Gasteiger charge is -2.19. The van der Waals surface area contributed by atoms with Crippen molar-refractivity contribution >= 4 is 23.1 Å². The van der Waals surface area contributed by atoms with E-state index >= 15 is 0 Å². The van der Waals surface area contributed by atoms with E-state index in [9.17, 15) is 4.79 Å². The van der Waals surface area contributed by atoms with Crippen LogP contribution in [-0.4, -0.2) is 18.0 Å². The molecular weight excluding hydrogens is 282 g/mol. The van der Waals surface area contributed by atoms with Crippen molar-refractivity contribution in [3.8, 4) is 5.75 Å². The summed E-state index contributed by atoms with van der Waals surface area (Å²) in [6.45, 7) is 0. The third-order valence-electron chi connectivity index (χ3n) is 3.78. The van der Waals surface area contributed by atoms with Crippen LogP contribution < -0.4 is 10.1 Å². The van der Waals surface area contributed by atoms with Gasteiger partial charge in [0.15, 0.2) is 0 Å². The molecule has 1 aliphatic rings. The first kappa shape index (κ1) is 13.8. The average molecular weight is 297 g/mol. The first-order chi connectivity index (χ1) is 10.2. The highest BCUT2D eigenvalue weighted by Crippen LogP contribution is 2.41. The van der Waals surface area contributed by atoms with Crippen LogP contribution in [0.4, 0.5) is 0 Å². The van der Waals surface area contributed by atoms with E-state index in [1.807, 2.05) is 54.6 Å². The second-order valence-electron chi connectivity index (χ2n) is 4.96. The number of nitrogens with one attached hydrogen (secondary N) is 1. The number of amides is 1. The van der Waals surface area contributed by atoms with Crippen LogP contribution in [0.2, 0.25) is 0 Å². The first-order valence-corrected chi connectivity index (χ1v) is 7.15. The Morgan fingerprint density at radius 1 is 1.00 bits per heavy atom. The maximum atomic E-state index is 12.3. The van der Waals surface area contributed by atoms with E-state index in [1.165, 1.54) is 0 Å². The van der Waals surface area contributed by atoms with Crippen molar-refractivity contribution in [3.05, 3.63) is 65.7 Å². The molecule has 1 fully saturated rings. The molecule has 1 amide bonds. The molecule has 1 aliphatic heterocycles. The second kappa shape index (κ2) is 5.66. The highest BCUT2D eigenvalue weighted by Gasteiger charge is 2.41. The van der Waals surface area contributed by atoms with E-state index in [2.05, 4.69) is 5.32 Å². The summed E-state index contributed by atoms with van der Waals surface area (Å²) in [5, 5.41) is 2.80. The fourth-order valence-electron chi connectivity index (χ4n) is 2.83. The van der Waals surface area contributed by atoms with Gasteiger partial charge in [-0.15, -0.1) is 0 Å². The minimum atomic E-state index is -0.310. The largest absolute Gasteiger partial charge is 0.496 e. The number of carbonyl (C=O) groups excluding carboxylic acids is 1. The summed E-state index contributed by atoms with van der Waals surface area (Å²) in [6, 6.07) is 17.4. The van der Waals surface area contributed by atoms with Crippen LogP contribution in [-0.2, 0) is 4.79 Å². The van der Waals surface area contributed by atoms with Crippen LogP contribution in [0.3, 0.4) is 0 Å². The highest BCUT2D eigenvalue weighted by atomic mass is 32.1. The lowest BCUT2D eigenvalue weighted by Crippen LogP contribution is -2.20. The highest BCUT2D eigenvalue weighted by molar-refractivity contribution is 7.80. The fraction of sp³-hybridized carbons (Fsp3) is 0.176. The van der Waals surface area contributed by atoms with Crippen LogP contribution in [0.15, 0.2) is 54.6 Å². The number of ether oxygens (including phenoxy) is 1. The molecule has 4 heteroatoms. The minimum Gasteiger partial charge on any atom is -0.496 e. The molecule has 2 atom stereocenters. The molecule has 21 heavy (non-hydrogen) atoms. The maximum absolute atomic E-state index is 12.3. The fourth-order valence-corrected chi connectivity index (χ4v) is 3.19. The van der Waals surface area contributed by atoms with Crippen molar-refractivity contribution < 1.29 is 9.53 Å². The normalized spacial score (nSPS) is 21.2. The van der Waals surface area contributed by atoms with Gasteiger partial charge in [-0.2, -0.15) is 0 Å². The van der Waals surface area contributed by atoms with Crippen molar-refractivity contribution in [3.63, 3.8) is 0 Å². The van der Waals surface area contributed by atoms with Gasteiger partial charge < -0.3 is 10.1 Å². The Morgan fingerprint density at radius 2 is 1.67 bits per heavy atom. The molecule has 2 aromatic rings. The molecule has 3 rings (SSSR count). The molecule has 1 saturated heterocycles. The quantitative estimate of drug-likeness (QED) is 0.885. The zero-order chi connectivity index (χ0) is 14.8. The average Bonchev–Trinajstić information content (AvgIpc) is 2.82. The molecule has 1 N–H and O–H groups in total. The number of benzene rings is 2. The number of rotatable bonds is 3. The number of thiocarbonyl (C=S) groups is 1. The van der Waals surface area contributed by atoms with E-state index in [-0.39, 0.29) is 17.7 Å². The van der Waals surface area contributed by atoms with Crippen molar-refractivity contribution in [2.75, 3.05) is 7.11 Å². The van der Waals surface area contributed by atoms with Crippen molar-refractivity contribution in [1.82, 2.24) is 5.32 Å². The molecule has 3 nitrogen and oxygen atoms in total. The minimum absolute atomic E-state index is 0.0536. The van der Waals surface area contributed by atoms with Gasteiger partial charge in [-0.1, -0.05) is 60.7 Å². The smallest absolute Gasteiger partial charge is 0.233 e. The Bertz CT molecular complexity index is 684. The van der Waals surface area contributed by atoms with Crippen LogP contribution >= 0.6 is 12.2 Å². The van der Waals surface area contributed by atoms with Crippen LogP contribution in [0, 0.1) is 0 Å². The number of carbonyl (C=O) groups is 1. The predicted molar refractivity (Wildman–Crippen MR) is 85.7 cm³/mol. The Balaban J connectivity index is 2.10. The monoisotopic (exact) mass is 297 g/mol. The molecule has 0 spiro atoms. The molecule has 0 bridgehead atoms. The van der Waals surface area contributed by atoms with Crippen LogP contribution in [0.1, 0.15) is 23.0 Å². The number of hydrogen-bond donors (Lipinski definition) is 1. The van der Waals surface area contributed by atoms with Gasteiger partial charge in [0.05, 0.1) is 23.9 Å². The predicted octanol–water partition coefficient (Wildman–Crippen LogP) is 3.02. The summed E-state index contributed by atoms with van der Waals surface area (Å²) in [5.41, 5.74) is 1.91. The van der Waals surface area contributed by atoms with Gasteiger partial charge in [-0.05, 0) is 11.6 Å². The topological polar surface area (TPSA) is 38.3 Å². The van der Waals surface area contributed by atoms with E-state index in [1.54, 1.807) is 7.11 Å². The van der Waals surface area contributed by atoms with Crippen molar-refractivity contribution in [2.24, 2.45) is 0 Å². The Kier molecular flexibility index (Phi) is 3.71. The van der Waals surface area contributed by atoms with Crippen LogP contribution in [0.5, 0.6) is 5.75 Å². The van der Waals surface area contributed by atoms with Gasteiger partial charge in [0.2, 0.25) is 5.91 Å². The summed E-state index contributed by atoms with van der Waals surface area (Å²) < 4.78 is 5.43. The molecule has 0 saturated carbocycles.